The Morgan fingerprint density at radius 1 is 1.13 bits per heavy atom. The van der Waals surface area contributed by atoms with E-state index >= 15 is 0 Å². The lowest BCUT2D eigenvalue weighted by Gasteiger charge is -2.34. The molecule has 1 saturated heterocycles. The third-order valence-electron chi connectivity index (χ3n) is 3.61. The Morgan fingerprint density at radius 3 is 2.57 bits per heavy atom. The quantitative estimate of drug-likeness (QED) is 0.830. The molecule has 120 valence electrons. The molecule has 1 amide bonds. The molecule has 3 rings (SSSR count). The van der Waals surface area contributed by atoms with Gasteiger partial charge in [-0.2, -0.15) is 4.98 Å². The second kappa shape index (κ2) is 6.42. The first-order chi connectivity index (χ1) is 11.2. The fraction of sp³-hybridized carbons (Fsp3) is 0.357. The second-order valence-electron chi connectivity index (χ2n) is 4.97. The van der Waals surface area contributed by atoms with Crippen molar-refractivity contribution in [3.63, 3.8) is 0 Å². The molecular weight excluding hydrogens is 298 g/mol. The van der Waals surface area contributed by atoms with Crippen LogP contribution >= 0.6 is 0 Å². The zero-order chi connectivity index (χ0) is 16.2. The van der Waals surface area contributed by atoms with Gasteiger partial charge in [-0.15, -0.1) is 0 Å². The predicted molar refractivity (Wildman–Crippen MR) is 83.1 cm³/mol. The predicted octanol–water partition coefficient (Wildman–Crippen LogP) is -0.180. The minimum absolute atomic E-state index is 0.149. The molecule has 9 nitrogen and oxygen atoms in total. The van der Waals surface area contributed by atoms with E-state index in [0.29, 0.717) is 38.0 Å². The molecule has 3 heterocycles. The maximum Gasteiger partial charge on any atom is 0.276 e. The number of nitrogens with two attached hydrogens (primary N) is 1. The van der Waals surface area contributed by atoms with Gasteiger partial charge in [-0.1, -0.05) is 0 Å². The molecule has 0 atom stereocenters. The summed E-state index contributed by atoms with van der Waals surface area (Å²) in [6.45, 7) is 2.32. The van der Waals surface area contributed by atoms with Gasteiger partial charge >= 0.3 is 0 Å². The molecule has 23 heavy (non-hydrogen) atoms. The number of nitrogen functional groups attached to an aromatic ring is 1. The van der Waals surface area contributed by atoms with E-state index in [9.17, 15) is 4.79 Å². The molecule has 1 fully saturated rings. The fourth-order valence-corrected chi connectivity index (χ4v) is 2.37. The van der Waals surface area contributed by atoms with Crippen molar-refractivity contribution in [1.82, 2.24) is 24.8 Å². The number of amides is 1. The maximum atomic E-state index is 12.4. The van der Waals surface area contributed by atoms with Gasteiger partial charge < -0.3 is 20.3 Å². The van der Waals surface area contributed by atoms with Gasteiger partial charge in [-0.3, -0.25) is 4.79 Å². The van der Waals surface area contributed by atoms with Gasteiger partial charge in [0.2, 0.25) is 11.8 Å². The zero-order valence-electron chi connectivity index (χ0n) is 12.7. The topological polar surface area (TPSA) is 110 Å². The molecule has 0 aromatic carbocycles. The maximum absolute atomic E-state index is 12.4. The van der Waals surface area contributed by atoms with Crippen LogP contribution in [0.15, 0.2) is 24.7 Å². The van der Waals surface area contributed by atoms with Crippen LogP contribution in [0, 0.1) is 0 Å². The monoisotopic (exact) mass is 315 g/mol. The largest absolute Gasteiger partial charge is 0.481 e. The lowest BCUT2D eigenvalue weighted by atomic mass is 10.2. The van der Waals surface area contributed by atoms with Gasteiger partial charge in [0.15, 0.2) is 11.5 Å². The van der Waals surface area contributed by atoms with E-state index in [1.165, 1.54) is 12.4 Å². The smallest absolute Gasteiger partial charge is 0.276 e. The highest BCUT2D eigenvalue weighted by molar-refractivity contribution is 5.96. The lowest BCUT2D eigenvalue weighted by molar-refractivity contribution is 0.0741. The Labute approximate surface area is 133 Å². The number of hydrogen-bond donors (Lipinski definition) is 1. The van der Waals surface area contributed by atoms with Crippen LogP contribution in [0.2, 0.25) is 0 Å². The number of carbonyl (C=O) groups excluding carboxylic acids is 1. The normalized spacial score (nSPS) is 14.7. The highest BCUT2D eigenvalue weighted by atomic mass is 16.5. The van der Waals surface area contributed by atoms with Gasteiger partial charge in [-0.25, -0.2) is 15.0 Å². The van der Waals surface area contributed by atoms with E-state index in [1.54, 1.807) is 24.3 Å². The van der Waals surface area contributed by atoms with Crippen molar-refractivity contribution in [1.29, 1.82) is 0 Å². The Bertz CT molecular complexity index is 701. The highest BCUT2D eigenvalue weighted by Crippen LogP contribution is 2.16. The van der Waals surface area contributed by atoms with Crippen LogP contribution < -0.4 is 15.4 Å². The van der Waals surface area contributed by atoms with E-state index in [-0.39, 0.29) is 17.4 Å². The second-order valence-corrected chi connectivity index (χ2v) is 4.97. The number of aromatic nitrogens is 4. The molecule has 2 aromatic rings. The van der Waals surface area contributed by atoms with E-state index in [4.69, 9.17) is 10.5 Å². The SMILES string of the molecule is COc1ccnc(N2CCN(C(=O)c3nccnc3N)CC2)n1. The van der Waals surface area contributed by atoms with Gasteiger partial charge in [0, 0.05) is 50.8 Å². The van der Waals surface area contributed by atoms with Crippen LogP contribution in [0.1, 0.15) is 10.5 Å². The van der Waals surface area contributed by atoms with Crippen molar-refractivity contribution in [2.75, 3.05) is 43.9 Å². The summed E-state index contributed by atoms with van der Waals surface area (Å²) in [6.07, 6.45) is 4.58. The van der Waals surface area contributed by atoms with Crippen molar-refractivity contribution in [3.05, 3.63) is 30.4 Å². The fourth-order valence-electron chi connectivity index (χ4n) is 2.37. The van der Waals surface area contributed by atoms with Crippen molar-refractivity contribution in [3.8, 4) is 5.88 Å². The Hall–Kier alpha value is -2.97. The standard InChI is InChI=1S/C14H17N7O2/c1-23-10-2-3-18-14(19-10)21-8-6-20(7-9-21)13(22)11-12(15)17-5-4-16-11/h2-5H,6-9H2,1H3,(H2,15,17). The number of anilines is 2. The summed E-state index contributed by atoms with van der Waals surface area (Å²) in [6, 6.07) is 1.69. The van der Waals surface area contributed by atoms with Crippen LogP contribution in [-0.2, 0) is 0 Å². The van der Waals surface area contributed by atoms with Crippen molar-refractivity contribution >= 4 is 17.7 Å². The third-order valence-corrected chi connectivity index (χ3v) is 3.61. The molecule has 0 unspecified atom stereocenters. The Balaban J connectivity index is 1.66. The summed E-state index contributed by atoms with van der Waals surface area (Å²) in [5.41, 5.74) is 5.91. The van der Waals surface area contributed by atoms with E-state index in [2.05, 4.69) is 19.9 Å². The summed E-state index contributed by atoms with van der Waals surface area (Å²) >= 11 is 0. The summed E-state index contributed by atoms with van der Waals surface area (Å²) in [5.74, 6) is 1.05. The first kappa shape index (κ1) is 14.9. The van der Waals surface area contributed by atoms with E-state index in [1.807, 2.05) is 4.90 Å². The van der Waals surface area contributed by atoms with E-state index < -0.39 is 0 Å². The minimum atomic E-state index is -0.207. The van der Waals surface area contributed by atoms with Gasteiger partial charge in [0.05, 0.1) is 7.11 Å². The number of piperazine rings is 1. The zero-order valence-corrected chi connectivity index (χ0v) is 12.7. The third kappa shape index (κ3) is 3.12. The molecule has 0 spiro atoms. The van der Waals surface area contributed by atoms with Crippen molar-refractivity contribution in [2.45, 2.75) is 0 Å². The number of hydrogen-bond acceptors (Lipinski definition) is 8. The molecule has 0 aliphatic carbocycles. The molecule has 1 aliphatic rings. The van der Waals surface area contributed by atoms with Crippen molar-refractivity contribution < 1.29 is 9.53 Å². The molecule has 2 aromatic heterocycles. The molecule has 0 bridgehead atoms. The number of nitrogens with zero attached hydrogens (tertiary/aromatic N) is 6. The summed E-state index contributed by atoms with van der Waals surface area (Å²) < 4.78 is 5.10. The molecule has 0 radical (unpaired) electrons. The lowest BCUT2D eigenvalue weighted by Crippen LogP contribution is -2.49. The van der Waals surface area contributed by atoms with Crippen LogP contribution in [0.5, 0.6) is 5.88 Å². The van der Waals surface area contributed by atoms with Crippen molar-refractivity contribution in [2.24, 2.45) is 0 Å². The molecule has 0 saturated carbocycles. The van der Waals surface area contributed by atoms with Crippen LogP contribution in [0.25, 0.3) is 0 Å². The summed E-state index contributed by atoms with van der Waals surface area (Å²) in [5, 5.41) is 0. The minimum Gasteiger partial charge on any atom is -0.481 e. The Kier molecular flexibility index (Phi) is 4.18. The summed E-state index contributed by atoms with van der Waals surface area (Å²) in [4.78, 5) is 32.6. The van der Waals surface area contributed by atoms with Gasteiger partial charge in [0.25, 0.3) is 5.91 Å². The number of rotatable bonds is 3. The van der Waals surface area contributed by atoms with Crippen LogP contribution in [-0.4, -0.2) is 64.0 Å². The summed E-state index contributed by atoms with van der Waals surface area (Å²) in [7, 11) is 1.56. The number of carbonyl (C=O) groups is 1. The molecule has 9 heteroatoms. The van der Waals surface area contributed by atoms with Gasteiger partial charge in [0.1, 0.15) is 0 Å². The number of methoxy groups -OCH3 is 1. The first-order valence-corrected chi connectivity index (χ1v) is 7.17. The molecular formula is C14H17N7O2. The molecule has 2 N–H and O–H groups in total. The van der Waals surface area contributed by atoms with E-state index in [0.717, 1.165) is 0 Å². The van der Waals surface area contributed by atoms with Crippen LogP contribution in [0.3, 0.4) is 0 Å². The molecule has 1 aliphatic heterocycles. The highest BCUT2D eigenvalue weighted by Gasteiger charge is 2.25. The average Bonchev–Trinajstić information content (AvgIpc) is 2.62. The Morgan fingerprint density at radius 2 is 1.87 bits per heavy atom. The average molecular weight is 315 g/mol. The first-order valence-electron chi connectivity index (χ1n) is 7.17. The van der Waals surface area contributed by atoms with Crippen LogP contribution in [0.4, 0.5) is 11.8 Å². The number of ether oxygens (including phenoxy) is 1. The van der Waals surface area contributed by atoms with Gasteiger partial charge in [-0.05, 0) is 0 Å².